The van der Waals surface area contributed by atoms with E-state index >= 15 is 0 Å². The standard InChI is InChI=1S/C24H34F3N3O4.C20H25F3N2O4.C19H26F3N3O2.C13H14BrF3N2O2.C7H13NO2.C7H12O2.C6H2BrClF3N.ClH/c1-6-15-13-30(22(32)34-23(2,3)4)14-18(15)17-7-8-19(24(25,26)27)28-20(17)29-11-9-16(10-12-29)21(31)33-5;1-19(2,3)29-16(26)8-6-13-5-7-15(20(21,22)23)24-17(13)25-11-9-14(10-12-25)18(27)28-4;1-3-12-10-23-11-15(12)14-4-5-16(19(20,21)22)24-17(14)25-8-6-13(7-9-25)18(26)27-2;1-21-12(20)8-4-6-19(7-5-8)11-9(14)2-3-10(18-11)13(15,16)17;1-10-7(9)6-2-4-8-5-3-6;1-5-6(8)9-7(2,3)4;7-3-1-2-4(6(9,10)11)12-5(3)8;/h7-8,15-16,18H,6,9-14H2,1-5H3;5-8,14H,9-12H2,1-4H3;4-5,12-13,15,23H,3,6-11H2,1-2H3;2-3,8H,4-7H2,1H3;6,8H,2-5H2,1H3;5H,1H2,2-4H3;1-2H;1H/b;8-6+;;;;;;/t15-,18-;;12-,15-;;;;;/m0.0...../s1. The molecular weight excluding hydrogens is 2090 g/mol. The molecule has 143 heavy (non-hydrogen) atoms. The summed E-state index contributed by atoms with van der Waals surface area (Å²) in [6.45, 7) is 31.1. The van der Waals surface area contributed by atoms with E-state index in [-0.39, 0.29) is 118 Å². The van der Waals surface area contributed by atoms with Crippen LogP contribution in [0.1, 0.15) is 210 Å². The Morgan fingerprint density at radius 2 is 0.713 bits per heavy atom. The van der Waals surface area contributed by atoms with Gasteiger partial charge in [0.25, 0.3) is 0 Å². The van der Waals surface area contributed by atoms with Gasteiger partial charge in [-0.15, -0.1) is 12.4 Å². The van der Waals surface area contributed by atoms with Gasteiger partial charge in [-0.05, 0) is 256 Å². The van der Waals surface area contributed by atoms with Gasteiger partial charge in [-0.3, -0.25) is 24.0 Å². The third-order valence-electron chi connectivity index (χ3n) is 23.6. The van der Waals surface area contributed by atoms with Crippen LogP contribution < -0.4 is 30.2 Å². The summed E-state index contributed by atoms with van der Waals surface area (Å²) in [5, 5.41) is 6.34. The predicted octanol–water partition coefficient (Wildman–Crippen LogP) is 20.8. The van der Waals surface area contributed by atoms with Crippen molar-refractivity contribution in [3.05, 3.63) is 139 Å². The lowest BCUT2D eigenvalue weighted by Crippen LogP contribution is -2.38. The molecule has 2 N–H and O–H groups in total. The molecule has 0 aromatic carbocycles. The molecule has 5 aromatic heterocycles. The minimum Gasteiger partial charge on any atom is -0.469 e. The molecule has 0 spiro atoms. The second-order valence-corrected chi connectivity index (χ2v) is 39.2. The number of hydrogen-bond acceptors (Lipinski definition) is 27. The van der Waals surface area contributed by atoms with Crippen molar-refractivity contribution < 1.29 is 142 Å². The van der Waals surface area contributed by atoms with Crippen molar-refractivity contribution in [3.63, 3.8) is 0 Å². The topological polar surface area (TPSA) is 315 Å². The fourth-order valence-electron chi connectivity index (χ4n) is 16.4. The van der Waals surface area contributed by atoms with Crippen molar-refractivity contribution in [2.24, 2.45) is 41.4 Å². The molecule has 4 atom stereocenters. The molecular formula is C96H127Br2Cl2F15N12O16. The second-order valence-electron chi connectivity index (χ2n) is 37.2. The van der Waals surface area contributed by atoms with Crippen LogP contribution in [0.15, 0.2) is 88.3 Å². The van der Waals surface area contributed by atoms with Gasteiger partial charge in [0, 0.05) is 102 Å². The average molecular weight is 2220 g/mol. The van der Waals surface area contributed by atoms with Crippen molar-refractivity contribution in [2.75, 3.05) is 147 Å². The maximum absolute atomic E-state index is 13.5. The molecule has 12 rings (SSSR count). The Labute approximate surface area is 850 Å². The number of carbonyl (C=O) groups is 8. The highest BCUT2D eigenvalue weighted by molar-refractivity contribution is 9.11. The number of anilines is 4. The number of nitrogens with zero attached hydrogens (tertiary/aromatic N) is 10. The van der Waals surface area contributed by atoms with Crippen LogP contribution in [0.4, 0.5) is 93.9 Å². The largest absolute Gasteiger partial charge is 0.469 e. The normalized spacial score (nSPS) is 18.7. The molecule has 0 unspecified atom stereocenters. The molecule has 0 bridgehead atoms. The molecule has 0 saturated carbocycles. The van der Waals surface area contributed by atoms with Gasteiger partial charge in [-0.1, -0.05) is 57.0 Å². The Hall–Kier alpha value is -9.60. The van der Waals surface area contributed by atoms with Crippen LogP contribution in [-0.4, -0.2) is 222 Å². The second kappa shape index (κ2) is 55.3. The Morgan fingerprint density at radius 3 is 1.06 bits per heavy atom. The van der Waals surface area contributed by atoms with E-state index in [0.717, 1.165) is 93.8 Å². The first-order valence-electron chi connectivity index (χ1n) is 46.0. The molecule has 5 aromatic rings. The Bertz CT molecular complexity index is 5030. The molecule has 1 amide bonds. The van der Waals surface area contributed by atoms with Crippen molar-refractivity contribution in [1.29, 1.82) is 0 Å². The first-order valence-corrected chi connectivity index (χ1v) is 48.0. The summed E-state index contributed by atoms with van der Waals surface area (Å²) in [5.41, 5.74) is -4.53. The highest BCUT2D eigenvalue weighted by Gasteiger charge is 2.45. The number of alkyl halides is 15. The number of nitrogens with one attached hydrogen (secondary N) is 2. The van der Waals surface area contributed by atoms with E-state index in [1.54, 1.807) is 62.3 Å². The molecule has 7 saturated heterocycles. The lowest BCUT2D eigenvalue weighted by molar-refractivity contribution is -0.149. The number of halogens is 19. The molecule has 7 aliphatic heterocycles. The van der Waals surface area contributed by atoms with Gasteiger partial charge in [0.05, 0.1) is 74.1 Å². The zero-order chi connectivity index (χ0) is 107. The van der Waals surface area contributed by atoms with Gasteiger partial charge in [-0.25, -0.2) is 39.3 Å². The average Bonchev–Trinajstić information content (AvgIpc) is 1.70. The predicted molar refractivity (Wildman–Crippen MR) is 514 cm³/mol. The van der Waals surface area contributed by atoms with Gasteiger partial charge in [0.2, 0.25) is 0 Å². The molecule has 0 aliphatic carbocycles. The van der Waals surface area contributed by atoms with Crippen molar-refractivity contribution in [2.45, 2.75) is 213 Å². The van der Waals surface area contributed by atoms with Crippen molar-refractivity contribution in [3.8, 4) is 0 Å². The number of methoxy groups -OCH3 is 5. The van der Waals surface area contributed by atoms with Crippen molar-refractivity contribution in [1.82, 2.24) is 40.5 Å². The summed E-state index contributed by atoms with van der Waals surface area (Å²) >= 11 is 11.5. The molecule has 12 heterocycles. The van der Waals surface area contributed by atoms with Gasteiger partial charge in [-0.2, -0.15) is 65.9 Å². The van der Waals surface area contributed by atoms with E-state index in [4.69, 9.17) is 40.0 Å². The third-order valence-corrected chi connectivity index (χ3v) is 25.4. The SMILES string of the molecule is C=CC(=O)OC(C)(C)C.CC[C@H]1CN(C(=O)OC(C)(C)C)C[C@@H]1c1ccc(C(F)(F)F)nc1N1CCC(C(=O)OC)CC1.CC[C@H]1CNC[C@@H]1c1ccc(C(F)(F)F)nc1N1CCC(C(=O)OC)CC1.COC(=O)C1CCN(c2nc(C(F)(F)F)ccc2/C=C/C(=O)OC(C)(C)C)CC1.COC(=O)C1CCN(c2nc(C(F)(F)F)ccc2Br)CC1.COC(=O)C1CCNCC1.Cl.FC(F)(F)c1ccc(Br)c(Cl)n1. The quantitative estimate of drug-likeness (QED) is 0.0305. The highest BCUT2D eigenvalue weighted by Crippen LogP contribution is 2.45. The van der Waals surface area contributed by atoms with Crippen molar-refractivity contribution >= 4 is 133 Å². The maximum atomic E-state index is 13.5. The Balaban J connectivity index is 0.000000306. The van der Waals surface area contributed by atoms with E-state index in [1.165, 1.54) is 72.0 Å². The zero-order valence-electron chi connectivity index (χ0n) is 82.5. The number of pyridine rings is 5. The van der Waals surface area contributed by atoms with Crippen LogP contribution in [0.2, 0.25) is 5.15 Å². The number of amides is 1. The number of aromatic nitrogens is 5. The minimum absolute atomic E-state index is 0. The fraction of sp³-hybridized carbons (Fsp3) is 0.615. The first-order chi connectivity index (χ1) is 66.1. The number of rotatable bonds is 16. The number of esters is 7. The molecule has 47 heteroatoms. The molecule has 28 nitrogen and oxygen atoms in total. The lowest BCUT2D eigenvalue weighted by Gasteiger charge is -2.34. The van der Waals surface area contributed by atoms with Gasteiger partial charge in [0.1, 0.15) is 73.7 Å². The fourth-order valence-corrected chi connectivity index (χ4v) is 17.2. The molecule has 7 aliphatic rings. The van der Waals surface area contributed by atoms with Gasteiger partial charge >= 0.3 is 78.8 Å². The summed E-state index contributed by atoms with van der Waals surface area (Å²) in [6.07, 6.45) is -11.6. The molecule has 7 fully saturated rings. The summed E-state index contributed by atoms with van der Waals surface area (Å²) in [6, 6.07) is 11.7. The maximum Gasteiger partial charge on any atom is 0.433 e. The van der Waals surface area contributed by atoms with E-state index in [2.05, 4.69) is 90.4 Å². The van der Waals surface area contributed by atoms with Crippen LogP contribution in [0.25, 0.3) is 6.08 Å². The van der Waals surface area contributed by atoms with Gasteiger partial charge in [0.15, 0.2) is 0 Å². The van der Waals surface area contributed by atoms with Crippen LogP contribution in [0.5, 0.6) is 0 Å². The Kier molecular flexibility index (Phi) is 47.9. The minimum atomic E-state index is -4.59. The number of carbonyl (C=O) groups excluding carboxylic acids is 8. The van der Waals surface area contributed by atoms with E-state index in [0.29, 0.717) is 149 Å². The Morgan fingerprint density at radius 1 is 0.399 bits per heavy atom. The number of hydrogen-bond donors (Lipinski definition) is 2. The van der Waals surface area contributed by atoms with Crippen LogP contribution in [0.3, 0.4) is 0 Å². The summed E-state index contributed by atoms with van der Waals surface area (Å²) in [4.78, 5) is 120. The number of likely N-dealkylation sites (tertiary alicyclic amines) is 1. The molecule has 0 radical (unpaired) electrons. The van der Waals surface area contributed by atoms with E-state index in [9.17, 15) is 104 Å². The van der Waals surface area contributed by atoms with E-state index < -0.39 is 88.2 Å². The highest BCUT2D eigenvalue weighted by atomic mass is 79.9. The van der Waals surface area contributed by atoms with Crippen LogP contribution in [0, 0.1) is 41.4 Å². The number of ether oxygens (including phenoxy) is 8. The number of piperidine rings is 5. The van der Waals surface area contributed by atoms with Crippen LogP contribution >= 0.6 is 55.9 Å². The third kappa shape index (κ3) is 39.3. The zero-order valence-corrected chi connectivity index (χ0v) is 87.3. The smallest absolute Gasteiger partial charge is 0.433 e. The first kappa shape index (κ1) is 124. The summed E-state index contributed by atoms with van der Waals surface area (Å²) < 4.78 is 234. The van der Waals surface area contributed by atoms with E-state index in [1.807, 2.05) is 37.5 Å². The van der Waals surface area contributed by atoms with Gasteiger partial charge < -0.3 is 73.0 Å². The molecule has 800 valence electrons. The lowest BCUT2D eigenvalue weighted by atomic mass is 9.86. The summed E-state index contributed by atoms with van der Waals surface area (Å²) in [7, 11) is 6.79. The van der Waals surface area contributed by atoms with Crippen LogP contribution in [-0.2, 0) is 102 Å². The monoisotopic (exact) mass is 2220 g/mol. The summed E-state index contributed by atoms with van der Waals surface area (Å²) in [5.74, 6) is -1.48.